The molecule has 0 saturated heterocycles. The predicted molar refractivity (Wildman–Crippen MR) is 115 cm³/mol. The minimum Gasteiger partial charge on any atom is -0.299 e. The van der Waals surface area contributed by atoms with Crippen LogP contribution in [-0.4, -0.2) is 9.38 Å². The maximum Gasteiger partial charge on any atom is 0.145 e. The van der Waals surface area contributed by atoms with Gasteiger partial charge >= 0.3 is 0 Å². The molecule has 0 aliphatic heterocycles. The Labute approximate surface area is 161 Å². The topological polar surface area (TPSA) is 17.3 Å². The third-order valence-corrected chi connectivity index (χ3v) is 8.13. The Morgan fingerprint density at radius 1 is 0.852 bits per heavy atom. The molecule has 2 nitrogen and oxygen atoms in total. The van der Waals surface area contributed by atoms with Crippen molar-refractivity contribution >= 4 is 27.5 Å². The molecule has 0 bridgehead atoms. The second-order valence-corrected chi connectivity index (χ2v) is 9.94. The number of imidazole rings is 1. The van der Waals surface area contributed by atoms with Crippen LogP contribution in [-0.2, 0) is 10.8 Å². The van der Waals surface area contributed by atoms with Gasteiger partial charge in [0.1, 0.15) is 5.65 Å². The van der Waals surface area contributed by atoms with E-state index in [2.05, 4.69) is 95.5 Å². The van der Waals surface area contributed by atoms with Gasteiger partial charge < -0.3 is 0 Å². The maximum absolute atomic E-state index is 5.09. The Kier molecular flexibility index (Phi) is 2.94. The van der Waals surface area contributed by atoms with Crippen LogP contribution in [0, 0.1) is 12.3 Å². The number of nitrogens with zero attached hydrogens (tertiary/aromatic N) is 2. The quantitative estimate of drug-likeness (QED) is 0.349. The van der Waals surface area contributed by atoms with Gasteiger partial charge in [-0.3, -0.25) is 4.40 Å². The summed E-state index contributed by atoms with van der Waals surface area (Å²) >= 11 is 0. The highest BCUT2D eigenvalue weighted by Crippen LogP contribution is 2.62. The molecule has 2 aromatic heterocycles. The number of hydrogen-bond donors (Lipinski definition) is 0. The molecule has 27 heavy (non-hydrogen) atoms. The SMILES string of the molecule is Cc1ccc2ccn3c(nc4ccc5c(c43)C(C)(C)C(C)(C)C5(C)C)c2c1. The van der Waals surface area contributed by atoms with Gasteiger partial charge in [-0.1, -0.05) is 65.3 Å². The Balaban J connectivity index is 2.01. The molecule has 1 aliphatic rings. The van der Waals surface area contributed by atoms with Gasteiger partial charge in [0.2, 0.25) is 0 Å². The Morgan fingerprint density at radius 2 is 1.59 bits per heavy atom. The molecule has 5 rings (SSSR count). The van der Waals surface area contributed by atoms with Gasteiger partial charge in [-0.15, -0.1) is 0 Å². The zero-order chi connectivity index (χ0) is 19.4. The van der Waals surface area contributed by atoms with Crippen LogP contribution in [0.3, 0.4) is 0 Å². The third kappa shape index (κ3) is 1.79. The van der Waals surface area contributed by atoms with Crippen molar-refractivity contribution in [2.75, 3.05) is 0 Å². The van der Waals surface area contributed by atoms with Crippen LogP contribution in [0.1, 0.15) is 58.2 Å². The van der Waals surface area contributed by atoms with E-state index in [1.807, 2.05) is 0 Å². The zero-order valence-electron chi connectivity index (χ0n) is 17.4. The molecular formula is C25H28N2. The summed E-state index contributed by atoms with van der Waals surface area (Å²) in [5.74, 6) is 0. The molecule has 138 valence electrons. The van der Waals surface area contributed by atoms with E-state index in [0.29, 0.717) is 0 Å². The lowest BCUT2D eigenvalue weighted by molar-refractivity contribution is 0.125. The lowest BCUT2D eigenvalue weighted by Gasteiger charge is -2.44. The summed E-state index contributed by atoms with van der Waals surface area (Å²) in [4.78, 5) is 5.09. The van der Waals surface area contributed by atoms with Crippen molar-refractivity contribution < 1.29 is 0 Å². The second kappa shape index (κ2) is 4.73. The average molecular weight is 357 g/mol. The van der Waals surface area contributed by atoms with Gasteiger partial charge in [-0.25, -0.2) is 4.98 Å². The minimum absolute atomic E-state index is 0.0584. The number of benzene rings is 2. The standard InChI is InChI=1S/C25H28N2/c1-15-8-9-16-12-13-27-21-19(26-22(27)17(16)14-15)11-10-18-20(21)24(4,5)25(6,7)23(18,2)3/h8-14H,1-7H3. The van der Waals surface area contributed by atoms with Crippen LogP contribution < -0.4 is 0 Å². The lowest BCUT2D eigenvalue weighted by atomic mass is 9.59. The summed E-state index contributed by atoms with van der Waals surface area (Å²) in [7, 11) is 0. The molecule has 0 saturated carbocycles. The second-order valence-electron chi connectivity index (χ2n) is 9.94. The van der Waals surface area contributed by atoms with E-state index < -0.39 is 0 Å². The van der Waals surface area contributed by atoms with E-state index >= 15 is 0 Å². The number of aryl methyl sites for hydroxylation is 1. The molecule has 2 aromatic carbocycles. The van der Waals surface area contributed by atoms with Crippen LogP contribution in [0.15, 0.2) is 42.6 Å². The van der Waals surface area contributed by atoms with E-state index in [1.165, 1.54) is 33.0 Å². The summed E-state index contributed by atoms with van der Waals surface area (Å²) in [6.45, 7) is 16.6. The van der Waals surface area contributed by atoms with Crippen molar-refractivity contribution in [2.45, 2.75) is 59.3 Å². The van der Waals surface area contributed by atoms with Crippen LogP contribution >= 0.6 is 0 Å². The van der Waals surface area contributed by atoms with E-state index in [9.17, 15) is 0 Å². The van der Waals surface area contributed by atoms with Crippen molar-refractivity contribution in [1.29, 1.82) is 0 Å². The third-order valence-electron chi connectivity index (χ3n) is 8.13. The molecule has 0 unspecified atom stereocenters. The van der Waals surface area contributed by atoms with Gasteiger partial charge in [-0.05, 0) is 57.9 Å². The molecule has 2 heteroatoms. The fraction of sp³-hybridized carbons (Fsp3) is 0.400. The smallest absolute Gasteiger partial charge is 0.145 e. The summed E-state index contributed by atoms with van der Waals surface area (Å²) in [6.07, 6.45) is 2.21. The van der Waals surface area contributed by atoms with Crippen molar-refractivity contribution in [3.63, 3.8) is 0 Å². The summed E-state index contributed by atoms with van der Waals surface area (Å²) < 4.78 is 2.33. The van der Waals surface area contributed by atoms with Gasteiger partial charge in [0.15, 0.2) is 0 Å². The van der Waals surface area contributed by atoms with Crippen LogP contribution in [0.25, 0.3) is 27.5 Å². The lowest BCUT2D eigenvalue weighted by Crippen LogP contribution is -2.42. The molecule has 0 atom stereocenters. The van der Waals surface area contributed by atoms with Crippen molar-refractivity contribution in [3.8, 4) is 0 Å². The molecule has 0 N–H and O–H groups in total. The van der Waals surface area contributed by atoms with Crippen LogP contribution in [0.4, 0.5) is 0 Å². The van der Waals surface area contributed by atoms with Crippen molar-refractivity contribution in [1.82, 2.24) is 9.38 Å². The minimum atomic E-state index is 0.0584. The summed E-state index contributed by atoms with van der Waals surface area (Å²) in [5, 5.41) is 2.48. The number of rotatable bonds is 0. The molecule has 0 spiro atoms. The van der Waals surface area contributed by atoms with E-state index in [4.69, 9.17) is 4.98 Å². The van der Waals surface area contributed by atoms with Gasteiger partial charge in [0.05, 0.1) is 11.0 Å². The number of pyridine rings is 1. The predicted octanol–water partition coefficient (Wildman–Crippen LogP) is 6.54. The van der Waals surface area contributed by atoms with E-state index in [0.717, 1.165) is 11.2 Å². The molecule has 0 amide bonds. The number of fused-ring (bicyclic) bond motifs is 7. The number of hydrogen-bond acceptors (Lipinski definition) is 1. The molecule has 1 aliphatic carbocycles. The Hall–Kier alpha value is -2.35. The zero-order valence-corrected chi connectivity index (χ0v) is 17.4. The molecule has 4 aromatic rings. The van der Waals surface area contributed by atoms with Crippen molar-refractivity contribution in [2.24, 2.45) is 5.41 Å². The van der Waals surface area contributed by atoms with Crippen LogP contribution in [0.5, 0.6) is 0 Å². The summed E-state index contributed by atoms with van der Waals surface area (Å²) in [6, 6.07) is 13.4. The normalized spacial score (nSPS) is 19.8. The maximum atomic E-state index is 5.09. The highest BCUT2D eigenvalue weighted by Gasteiger charge is 2.57. The first-order valence-electron chi connectivity index (χ1n) is 9.92. The molecule has 2 heterocycles. The molecular weight excluding hydrogens is 328 g/mol. The highest BCUT2D eigenvalue weighted by atomic mass is 15.0. The Morgan fingerprint density at radius 3 is 2.33 bits per heavy atom. The number of aromatic nitrogens is 2. The first-order chi connectivity index (χ1) is 12.6. The molecule has 0 radical (unpaired) electrons. The van der Waals surface area contributed by atoms with Crippen LogP contribution in [0.2, 0.25) is 0 Å². The molecule has 0 fully saturated rings. The fourth-order valence-electron chi connectivity index (χ4n) is 5.27. The monoisotopic (exact) mass is 356 g/mol. The first-order valence-corrected chi connectivity index (χ1v) is 9.92. The van der Waals surface area contributed by atoms with E-state index in [-0.39, 0.29) is 16.2 Å². The van der Waals surface area contributed by atoms with Gasteiger partial charge in [-0.2, -0.15) is 0 Å². The largest absolute Gasteiger partial charge is 0.299 e. The average Bonchev–Trinajstić information content (AvgIpc) is 3.03. The van der Waals surface area contributed by atoms with Crippen molar-refractivity contribution in [3.05, 3.63) is 59.3 Å². The summed E-state index contributed by atoms with van der Waals surface area (Å²) in [5.41, 5.74) is 7.98. The van der Waals surface area contributed by atoms with Gasteiger partial charge in [0, 0.05) is 11.6 Å². The van der Waals surface area contributed by atoms with Gasteiger partial charge in [0.25, 0.3) is 0 Å². The first kappa shape index (κ1) is 16.8. The van der Waals surface area contributed by atoms with E-state index in [1.54, 1.807) is 0 Å². The highest BCUT2D eigenvalue weighted by molar-refractivity contribution is 5.99. The Bertz CT molecular complexity index is 1250. The fourth-order valence-corrected chi connectivity index (χ4v) is 5.27.